The Morgan fingerprint density at radius 2 is 0.352 bits per heavy atom. The Labute approximate surface area is 328 Å². The Hall–Kier alpha value is -0.250. The predicted molar refractivity (Wildman–Crippen MR) is 216 cm³/mol. The van der Waals surface area contributed by atoms with Crippen LogP contribution in [-0.2, 0) is 49.2 Å². The second-order valence-corrected chi connectivity index (χ2v) is 30.3. The van der Waals surface area contributed by atoms with Crippen molar-refractivity contribution in [2.75, 3.05) is 51.8 Å². The van der Waals surface area contributed by atoms with Crippen molar-refractivity contribution in [1.82, 2.24) is 0 Å². The van der Waals surface area contributed by atoms with Gasteiger partial charge in [-0.1, -0.05) is 0 Å². The van der Waals surface area contributed by atoms with Crippen LogP contribution in [-0.4, -0.2) is 99.1 Å². The summed E-state index contributed by atoms with van der Waals surface area (Å²) in [5, 5.41) is -0.436. The van der Waals surface area contributed by atoms with Crippen molar-refractivity contribution in [3.8, 4) is 0 Å². The van der Waals surface area contributed by atoms with Crippen LogP contribution >= 0.6 is 0 Å². The summed E-state index contributed by atoms with van der Waals surface area (Å²) in [6, 6.07) is 0. The topological polar surface area (TPSA) is 171 Å². The first kappa shape index (κ1) is 43.3. The first-order valence-electron chi connectivity index (χ1n) is 21.3. The highest BCUT2D eigenvalue weighted by molar-refractivity contribution is 7.92. The smallest absolute Gasteiger partial charge is 0.153 e. The van der Waals surface area contributed by atoms with Gasteiger partial charge >= 0.3 is 0 Å². The molecule has 5 saturated carbocycles. The maximum Gasteiger partial charge on any atom is 0.153 e. The fourth-order valence-electron chi connectivity index (χ4n) is 11.5. The zero-order chi connectivity index (χ0) is 38.8. The molecule has 10 nitrogen and oxygen atoms in total. The lowest BCUT2D eigenvalue weighted by Gasteiger charge is -2.33. The van der Waals surface area contributed by atoms with Crippen LogP contribution in [0.5, 0.6) is 0 Å². The number of sulfone groups is 5. The van der Waals surface area contributed by atoms with E-state index in [4.69, 9.17) is 0 Å². The van der Waals surface area contributed by atoms with E-state index in [0.717, 1.165) is 77.0 Å². The summed E-state index contributed by atoms with van der Waals surface area (Å²) in [7, 11) is -16.5. The molecule has 54 heavy (non-hydrogen) atoms. The van der Waals surface area contributed by atoms with Crippen LogP contribution < -0.4 is 0 Å². The predicted octanol–water partition coefficient (Wildman–Crippen LogP) is 5.86. The number of hydrogen-bond donors (Lipinski definition) is 0. The maximum absolute atomic E-state index is 13.5. The first-order chi connectivity index (χ1) is 25.3. The summed E-state index contributed by atoms with van der Waals surface area (Å²) in [4.78, 5) is 0. The monoisotopic (exact) mass is 856 g/mol. The third kappa shape index (κ3) is 13.1. The van der Waals surface area contributed by atoms with E-state index in [0.29, 0.717) is 51.4 Å². The lowest BCUT2D eigenvalue weighted by atomic mass is 9.84. The zero-order valence-corrected chi connectivity index (χ0v) is 36.5. The second kappa shape index (κ2) is 17.9. The van der Waals surface area contributed by atoms with Gasteiger partial charge in [0, 0.05) is 0 Å². The first-order valence-corrected chi connectivity index (χ1v) is 30.3. The van der Waals surface area contributed by atoms with Crippen molar-refractivity contribution >= 4 is 49.2 Å². The van der Waals surface area contributed by atoms with E-state index in [1.165, 1.54) is 0 Å². The third-order valence-corrected chi connectivity index (χ3v) is 24.8. The van der Waals surface area contributed by atoms with Gasteiger partial charge in [0.15, 0.2) is 49.2 Å². The molecule has 6 heterocycles. The second-order valence-electron chi connectivity index (χ2n) is 19.3. The fourth-order valence-corrected chi connectivity index (χ4v) is 22.7. The number of fused-ring (bicyclic) bond motifs is 5. The van der Waals surface area contributed by atoms with E-state index in [1.807, 2.05) is 0 Å². The molecule has 0 N–H and O–H groups in total. The third-order valence-electron chi connectivity index (χ3n) is 14.6. The van der Waals surface area contributed by atoms with Crippen LogP contribution in [0.25, 0.3) is 0 Å². The van der Waals surface area contributed by atoms with Gasteiger partial charge in [0.1, 0.15) is 0 Å². The molecule has 10 bridgehead atoms. The molecule has 15 heteroatoms. The van der Waals surface area contributed by atoms with E-state index in [9.17, 15) is 42.1 Å². The molecule has 0 unspecified atom stereocenters. The molecule has 0 aromatic carbocycles. The Morgan fingerprint density at radius 1 is 0.204 bits per heavy atom. The molecule has 0 amide bonds. The van der Waals surface area contributed by atoms with Crippen LogP contribution in [0.2, 0.25) is 0 Å². The molecule has 0 radical (unpaired) electrons. The molecule has 0 atom stereocenters. The molecule has 11 aliphatic rings. The normalized spacial score (nSPS) is 42.1. The van der Waals surface area contributed by atoms with E-state index in [2.05, 4.69) is 0 Å². The van der Waals surface area contributed by atoms with Gasteiger partial charge in [-0.05, 0) is 182 Å². The van der Waals surface area contributed by atoms with Crippen LogP contribution in [0.15, 0.2) is 0 Å². The van der Waals surface area contributed by atoms with Gasteiger partial charge < -0.3 is 0 Å². The van der Waals surface area contributed by atoms with Gasteiger partial charge in [-0.25, -0.2) is 42.1 Å². The Morgan fingerprint density at radius 3 is 0.537 bits per heavy atom. The molecule has 0 aromatic heterocycles. The lowest BCUT2D eigenvalue weighted by molar-refractivity contribution is 0.297. The molecular weight excluding hydrogens is 789 g/mol. The van der Waals surface area contributed by atoms with Crippen molar-refractivity contribution in [3.63, 3.8) is 0 Å². The number of hydrogen-bond acceptors (Lipinski definition) is 10. The van der Waals surface area contributed by atoms with E-state index in [-0.39, 0.29) is 105 Å². The average molecular weight is 857 g/mol. The van der Waals surface area contributed by atoms with E-state index < -0.39 is 54.4 Å². The van der Waals surface area contributed by atoms with Crippen molar-refractivity contribution in [2.45, 2.75) is 134 Å². The van der Waals surface area contributed by atoms with Gasteiger partial charge in [-0.15, -0.1) is 0 Å². The molecule has 11 rings (SSSR count). The summed E-state index contributed by atoms with van der Waals surface area (Å²) in [5.74, 6) is 1.55. The minimum absolute atomic E-state index is 0.0299. The van der Waals surface area contributed by atoms with Crippen molar-refractivity contribution in [3.05, 3.63) is 0 Å². The maximum atomic E-state index is 13.5. The summed E-state index contributed by atoms with van der Waals surface area (Å²) >= 11 is 0. The fraction of sp³-hybridized carbons (Fsp3) is 1.00. The summed E-state index contributed by atoms with van der Waals surface area (Å²) in [5.41, 5.74) is 0. The highest BCUT2D eigenvalue weighted by Gasteiger charge is 2.38. The molecular formula is C39H68O10S5. The zero-order valence-electron chi connectivity index (χ0n) is 32.4. The van der Waals surface area contributed by atoms with Gasteiger partial charge in [-0.2, -0.15) is 0 Å². The highest BCUT2D eigenvalue weighted by atomic mass is 32.2. The number of rotatable bonds is 0. The van der Waals surface area contributed by atoms with Crippen molar-refractivity contribution in [1.29, 1.82) is 0 Å². The average Bonchev–Trinajstić information content (AvgIpc) is 3.07. The molecule has 0 spiro atoms. The Balaban J connectivity index is 1.06. The summed E-state index contributed by atoms with van der Waals surface area (Å²) in [6.07, 6.45) is 13.7. The molecule has 6 aliphatic heterocycles. The lowest BCUT2D eigenvalue weighted by Crippen LogP contribution is -2.35. The van der Waals surface area contributed by atoms with Gasteiger partial charge in [-0.3, -0.25) is 0 Å². The minimum Gasteiger partial charge on any atom is -0.229 e. The van der Waals surface area contributed by atoms with Gasteiger partial charge in [0.2, 0.25) is 0 Å². The SMILES string of the molecule is O=S1(=O)CC2CCC(CC2)CS(=O)(=O)CC2CCC(CC2)CS(=O)(=O)CC2CCC(CC2)S(=O)(=O)CC2CCC(CC2)CS(=O)(=O)CC2CCC(CC2)C1. The Bertz CT molecular complexity index is 1780. The summed E-state index contributed by atoms with van der Waals surface area (Å²) in [6.45, 7) is 0. The minimum atomic E-state index is -3.33. The molecule has 6 saturated heterocycles. The van der Waals surface area contributed by atoms with E-state index in [1.54, 1.807) is 0 Å². The largest absolute Gasteiger partial charge is 0.229 e. The molecule has 5 aliphatic carbocycles. The van der Waals surface area contributed by atoms with E-state index >= 15 is 0 Å². The van der Waals surface area contributed by atoms with Crippen LogP contribution in [0, 0.1) is 53.3 Å². The molecule has 314 valence electrons. The highest BCUT2D eigenvalue weighted by Crippen LogP contribution is 2.38. The molecule has 0 aromatic rings. The van der Waals surface area contributed by atoms with Crippen LogP contribution in [0.4, 0.5) is 0 Å². The quantitative estimate of drug-likeness (QED) is 0.288. The molecule has 11 fully saturated rings. The van der Waals surface area contributed by atoms with Gasteiger partial charge in [0.05, 0.1) is 57.0 Å². The van der Waals surface area contributed by atoms with Crippen LogP contribution in [0.1, 0.15) is 128 Å². The van der Waals surface area contributed by atoms with Crippen LogP contribution in [0.3, 0.4) is 0 Å². The van der Waals surface area contributed by atoms with Gasteiger partial charge in [0.25, 0.3) is 0 Å². The standard InChI is InChI=1S/C39H68O10S5/c40-50(41)21-30-1-3-31(4-2-30)22-51(42,43)24-33-9-11-35(12-10-33)26-53(46,47)28-37-17-19-39(20-18-37)54(48,49)29-38-15-13-36(14-16-38)27-52(44,45)25-34-7-5-32(23-50)6-8-34/h30-39H,1-29H2. The Kier molecular flexibility index (Phi) is 14.4. The van der Waals surface area contributed by atoms with Crippen molar-refractivity contribution in [2.24, 2.45) is 53.3 Å². The van der Waals surface area contributed by atoms with Crippen molar-refractivity contribution < 1.29 is 42.1 Å². The summed E-state index contributed by atoms with van der Waals surface area (Å²) < 4.78 is 133.